The van der Waals surface area contributed by atoms with E-state index in [9.17, 15) is 4.39 Å². The number of hydrogen-bond acceptors (Lipinski definition) is 0. The van der Waals surface area contributed by atoms with E-state index >= 15 is 0 Å². The number of aryl methyl sites for hydroxylation is 1. The molecule has 0 aliphatic heterocycles. The minimum atomic E-state index is -0.390. The molecule has 0 heterocycles. The first-order chi connectivity index (χ1) is 4.74. The monoisotopic (exact) mass is 202 g/mol. The standard InChI is InChI=1S/C8H8BrF/c1-6-2-3-7(5-10)4-8(6)9/h2-4H,5H2,1H3. The third kappa shape index (κ3) is 1.57. The SMILES string of the molecule is Cc1ccc(CF)cc1Br. The first-order valence-electron chi connectivity index (χ1n) is 3.05. The molecule has 0 aliphatic carbocycles. The fourth-order valence-electron chi connectivity index (χ4n) is 0.719. The molecular weight excluding hydrogens is 195 g/mol. The van der Waals surface area contributed by atoms with Gasteiger partial charge in [-0.2, -0.15) is 0 Å². The van der Waals surface area contributed by atoms with Gasteiger partial charge in [0.25, 0.3) is 0 Å². The molecule has 0 bridgehead atoms. The zero-order valence-electron chi connectivity index (χ0n) is 5.70. The number of alkyl halides is 1. The van der Waals surface area contributed by atoms with Gasteiger partial charge in [0.05, 0.1) is 0 Å². The quantitative estimate of drug-likeness (QED) is 0.657. The summed E-state index contributed by atoms with van der Waals surface area (Å²) in [7, 11) is 0. The molecule has 10 heavy (non-hydrogen) atoms. The van der Waals surface area contributed by atoms with Crippen molar-refractivity contribution in [1.82, 2.24) is 0 Å². The minimum Gasteiger partial charge on any atom is -0.246 e. The molecule has 0 amide bonds. The molecule has 0 saturated carbocycles. The van der Waals surface area contributed by atoms with Crippen molar-refractivity contribution in [2.45, 2.75) is 13.6 Å². The van der Waals surface area contributed by atoms with Crippen LogP contribution in [0.2, 0.25) is 0 Å². The number of halogens is 2. The van der Waals surface area contributed by atoms with Crippen molar-refractivity contribution in [3.8, 4) is 0 Å². The largest absolute Gasteiger partial charge is 0.246 e. The summed E-state index contributed by atoms with van der Waals surface area (Å²) in [4.78, 5) is 0. The van der Waals surface area contributed by atoms with Crippen molar-refractivity contribution >= 4 is 15.9 Å². The van der Waals surface area contributed by atoms with E-state index in [2.05, 4.69) is 15.9 Å². The van der Waals surface area contributed by atoms with Crippen molar-refractivity contribution in [2.75, 3.05) is 0 Å². The van der Waals surface area contributed by atoms with Crippen LogP contribution in [-0.4, -0.2) is 0 Å². The van der Waals surface area contributed by atoms with Crippen LogP contribution in [0.3, 0.4) is 0 Å². The Morgan fingerprint density at radius 3 is 2.70 bits per heavy atom. The normalized spacial score (nSPS) is 9.90. The van der Waals surface area contributed by atoms with Crippen molar-refractivity contribution in [1.29, 1.82) is 0 Å². The highest BCUT2D eigenvalue weighted by Gasteiger charge is 1.95. The predicted molar refractivity (Wildman–Crippen MR) is 43.7 cm³/mol. The molecular formula is C8H8BrF. The van der Waals surface area contributed by atoms with E-state index in [0.717, 1.165) is 15.6 Å². The molecule has 1 aromatic rings. The van der Waals surface area contributed by atoms with Crippen LogP contribution in [-0.2, 0) is 6.67 Å². The molecule has 0 spiro atoms. The fourth-order valence-corrected chi connectivity index (χ4v) is 1.15. The maximum atomic E-state index is 12.0. The fraction of sp³-hybridized carbons (Fsp3) is 0.250. The van der Waals surface area contributed by atoms with Gasteiger partial charge >= 0.3 is 0 Å². The lowest BCUT2D eigenvalue weighted by molar-refractivity contribution is 0.485. The topological polar surface area (TPSA) is 0 Å². The van der Waals surface area contributed by atoms with Gasteiger partial charge in [0.2, 0.25) is 0 Å². The van der Waals surface area contributed by atoms with Gasteiger partial charge in [-0.05, 0) is 24.1 Å². The van der Waals surface area contributed by atoms with Crippen molar-refractivity contribution in [3.63, 3.8) is 0 Å². The van der Waals surface area contributed by atoms with Crippen LogP contribution in [0.4, 0.5) is 4.39 Å². The van der Waals surface area contributed by atoms with E-state index in [0.29, 0.717) is 0 Å². The summed E-state index contributed by atoms with van der Waals surface area (Å²) in [5, 5.41) is 0. The molecule has 1 rings (SSSR count). The average molecular weight is 203 g/mol. The first kappa shape index (κ1) is 7.73. The molecule has 2 heteroatoms. The summed E-state index contributed by atoms with van der Waals surface area (Å²) in [6, 6.07) is 5.49. The van der Waals surface area contributed by atoms with Gasteiger partial charge in [0.15, 0.2) is 0 Å². The summed E-state index contributed by atoms with van der Waals surface area (Å²) in [6.45, 7) is 1.59. The second kappa shape index (κ2) is 3.15. The van der Waals surface area contributed by atoms with Crippen molar-refractivity contribution < 1.29 is 4.39 Å². The second-order valence-electron chi connectivity index (χ2n) is 2.22. The van der Waals surface area contributed by atoms with Crippen LogP contribution < -0.4 is 0 Å². The van der Waals surface area contributed by atoms with Crippen LogP contribution >= 0.6 is 15.9 Å². The van der Waals surface area contributed by atoms with Crippen molar-refractivity contribution in [2.24, 2.45) is 0 Å². The highest BCUT2D eigenvalue weighted by molar-refractivity contribution is 9.10. The van der Waals surface area contributed by atoms with E-state index in [1.807, 2.05) is 13.0 Å². The first-order valence-corrected chi connectivity index (χ1v) is 3.84. The average Bonchev–Trinajstić information content (AvgIpc) is 1.95. The Labute approximate surface area is 68.2 Å². The van der Waals surface area contributed by atoms with Gasteiger partial charge in [-0.1, -0.05) is 28.1 Å². The van der Waals surface area contributed by atoms with Crippen LogP contribution in [0.25, 0.3) is 0 Å². The lowest BCUT2D eigenvalue weighted by atomic mass is 10.2. The highest BCUT2D eigenvalue weighted by atomic mass is 79.9. The van der Waals surface area contributed by atoms with Gasteiger partial charge in [-0.3, -0.25) is 0 Å². The molecule has 0 N–H and O–H groups in total. The Bertz CT molecular complexity index is 233. The molecule has 0 atom stereocenters. The van der Waals surface area contributed by atoms with Crippen LogP contribution in [0, 0.1) is 6.92 Å². The maximum Gasteiger partial charge on any atom is 0.115 e. The van der Waals surface area contributed by atoms with Gasteiger partial charge in [-0.25, -0.2) is 4.39 Å². The van der Waals surface area contributed by atoms with Gasteiger partial charge in [0, 0.05) is 4.47 Å². The Morgan fingerprint density at radius 2 is 2.20 bits per heavy atom. The Balaban J connectivity index is 3.04. The zero-order valence-corrected chi connectivity index (χ0v) is 7.28. The van der Waals surface area contributed by atoms with Crippen LogP contribution in [0.15, 0.2) is 22.7 Å². The molecule has 0 saturated heterocycles. The minimum absolute atomic E-state index is 0.390. The van der Waals surface area contributed by atoms with E-state index in [1.54, 1.807) is 12.1 Å². The van der Waals surface area contributed by atoms with Crippen LogP contribution in [0.5, 0.6) is 0 Å². The summed E-state index contributed by atoms with van der Waals surface area (Å²) in [6.07, 6.45) is 0. The molecule has 54 valence electrons. The smallest absolute Gasteiger partial charge is 0.115 e. The van der Waals surface area contributed by atoms with E-state index in [4.69, 9.17) is 0 Å². The Kier molecular flexibility index (Phi) is 2.44. The summed E-state index contributed by atoms with van der Waals surface area (Å²) >= 11 is 3.32. The van der Waals surface area contributed by atoms with Gasteiger partial charge < -0.3 is 0 Å². The molecule has 0 aromatic heterocycles. The second-order valence-corrected chi connectivity index (χ2v) is 3.07. The zero-order chi connectivity index (χ0) is 7.56. The van der Waals surface area contributed by atoms with Gasteiger partial charge in [0.1, 0.15) is 6.67 Å². The number of benzene rings is 1. The van der Waals surface area contributed by atoms with E-state index < -0.39 is 6.67 Å². The Hall–Kier alpha value is -0.370. The molecule has 0 nitrogen and oxygen atoms in total. The predicted octanol–water partition coefficient (Wildman–Crippen LogP) is 3.23. The molecule has 0 aliphatic rings. The summed E-state index contributed by atoms with van der Waals surface area (Å²) in [5.74, 6) is 0. The maximum absolute atomic E-state index is 12.0. The third-order valence-electron chi connectivity index (χ3n) is 1.39. The molecule has 0 radical (unpaired) electrons. The van der Waals surface area contributed by atoms with Crippen LogP contribution in [0.1, 0.15) is 11.1 Å². The molecule has 0 unspecified atom stereocenters. The lowest BCUT2D eigenvalue weighted by Crippen LogP contribution is -1.80. The van der Waals surface area contributed by atoms with E-state index in [1.165, 1.54) is 0 Å². The highest BCUT2D eigenvalue weighted by Crippen LogP contribution is 2.17. The summed E-state index contributed by atoms with van der Waals surface area (Å²) < 4.78 is 13.0. The van der Waals surface area contributed by atoms with E-state index in [-0.39, 0.29) is 0 Å². The Morgan fingerprint density at radius 1 is 1.50 bits per heavy atom. The molecule has 1 aromatic carbocycles. The van der Waals surface area contributed by atoms with Crippen molar-refractivity contribution in [3.05, 3.63) is 33.8 Å². The number of hydrogen-bond donors (Lipinski definition) is 0. The third-order valence-corrected chi connectivity index (χ3v) is 2.24. The summed E-state index contributed by atoms with van der Waals surface area (Å²) in [5.41, 5.74) is 1.86. The number of rotatable bonds is 1. The van der Waals surface area contributed by atoms with Gasteiger partial charge in [-0.15, -0.1) is 0 Å². The lowest BCUT2D eigenvalue weighted by Gasteiger charge is -1.98. The molecule has 0 fully saturated rings.